The normalized spacial score (nSPS) is 13.0. The van der Waals surface area contributed by atoms with E-state index in [1.54, 1.807) is 0 Å². The monoisotopic (exact) mass is 658 g/mol. The van der Waals surface area contributed by atoms with Crippen LogP contribution in [0.4, 0.5) is 0 Å². The third-order valence-corrected chi connectivity index (χ3v) is 26.4. The molecular weight excluding hydrogens is 605 g/mol. The second-order valence-corrected chi connectivity index (χ2v) is 34.6. The first-order chi connectivity index (χ1) is 16.5. The lowest BCUT2D eigenvalue weighted by molar-refractivity contribution is 0.164. The first kappa shape index (κ1) is 36.9. The van der Waals surface area contributed by atoms with Crippen LogP contribution in [0.25, 0.3) is 0 Å². The Labute approximate surface area is 236 Å². The maximum atomic E-state index is 6.35. The molecule has 36 heavy (non-hydrogen) atoms. The summed E-state index contributed by atoms with van der Waals surface area (Å²) in [6, 6.07) is 10.3. The van der Waals surface area contributed by atoms with Crippen molar-refractivity contribution in [1.82, 2.24) is 0 Å². The number of benzene rings is 1. The lowest BCUT2D eigenvalue weighted by Crippen LogP contribution is -2.61. The van der Waals surface area contributed by atoms with Gasteiger partial charge in [0.05, 0.1) is 0 Å². The van der Waals surface area contributed by atoms with Crippen molar-refractivity contribution in [3.8, 4) is 0 Å². The van der Waals surface area contributed by atoms with Crippen molar-refractivity contribution in [2.24, 2.45) is 0 Å². The Hall–Kier alpha value is 0.892. The summed E-state index contributed by atoms with van der Waals surface area (Å²) in [5.74, 6) is 0. The third kappa shape index (κ3) is 16.1. The molecule has 0 saturated heterocycles. The highest BCUT2D eigenvalue weighted by Gasteiger charge is 2.47. The fraction of sp³-hybridized carbons (Fsp3) is 0.700. The van der Waals surface area contributed by atoms with Crippen LogP contribution in [0.2, 0.25) is 91.7 Å². The van der Waals surface area contributed by atoms with Gasteiger partial charge in [-0.25, -0.2) is 0 Å². The van der Waals surface area contributed by atoms with Crippen molar-refractivity contribution in [1.29, 1.82) is 0 Å². The third-order valence-electron chi connectivity index (χ3n) is 3.82. The van der Waals surface area contributed by atoms with Crippen LogP contribution in [0.3, 0.4) is 0 Å². The molecule has 0 heterocycles. The SMILES string of the molecule is C[SiH](C)O[Si](O[SiH](C)C)(O[SiH](C)C)O[SiH](C)C.C[SiH](C)O[Si](O[SiH](C)C)(O[SiH](C)C)c1ccccc1. The highest BCUT2D eigenvalue weighted by atomic mass is 28.5. The summed E-state index contributed by atoms with van der Waals surface area (Å²) in [4.78, 5) is 0. The van der Waals surface area contributed by atoms with Gasteiger partial charge in [0.1, 0.15) is 0 Å². The van der Waals surface area contributed by atoms with Crippen LogP contribution < -0.4 is 5.19 Å². The standard InChI is InChI=1S/C12H26O3Si4.C8H28O4Si5/c1-16(2)13-19(14-17(3)4,15-18(5)6)12-10-8-7-9-11-12;1-13(2)9-17(10-14(3)4,11-15(5)6)12-16(7)8/h7-11,16-18H,1-6H3;13-16H,1-8H3. The molecule has 0 aliphatic carbocycles. The van der Waals surface area contributed by atoms with Gasteiger partial charge in [-0.1, -0.05) is 30.3 Å². The summed E-state index contributed by atoms with van der Waals surface area (Å²) in [6.45, 7) is 30.2. The number of hydrogen-bond donors (Lipinski definition) is 0. The maximum absolute atomic E-state index is 6.35. The summed E-state index contributed by atoms with van der Waals surface area (Å²) in [5.41, 5.74) is 0. The van der Waals surface area contributed by atoms with Gasteiger partial charge >= 0.3 is 17.9 Å². The van der Waals surface area contributed by atoms with E-state index < -0.39 is 81.1 Å². The Morgan fingerprint density at radius 3 is 0.861 bits per heavy atom. The molecule has 0 amide bonds. The van der Waals surface area contributed by atoms with Crippen molar-refractivity contribution in [2.75, 3.05) is 0 Å². The molecule has 0 atom stereocenters. The van der Waals surface area contributed by atoms with Gasteiger partial charge in [-0.05, 0) is 91.7 Å². The zero-order chi connectivity index (χ0) is 28.1. The van der Waals surface area contributed by atoms with Crippen molar-refractivity contribution in [3.05, 3.63) is 30.3 Å². The molecule has 7 nitrogen and oxygen atoms in total. The molecule has 0 aromatic heterocycles. The van der Waals surface area contributed by atoms with E-state index in [-0.39, 0.29) is 0 Å². The van der Waals surface area contributed by atoms with E-state index in [0.717, 1.165) is 5.19 Å². The van der Waals surface area contributed by atoms with Gasteiger partial charge in [0.2, 0.25) is 0 Å². The van der Waals surface area contributed by atoms with E-state index in [2.05, 4.69) is 104 Å². The zero-order valence-electron chi connectivity index (χ0n) is 25.3. The van der Waals surface area contributed by atoms with Gasteiger partial charge in [-0.15, -0.1) is 0 Å². The van der Waals surface area contributed by atoms with Gasteiger partial charge in [-0.2, -0.15) is 0 Å². The van der Waals surface area contributed by atoms with Crippen LogP contribution >= 0.6 is 0 Å². The molecule has 1 rings (SSSR count). The largest absolute Gasteiger partial charge is 0.636 e. The van der Waals surface area contributed by atoms with Crippen LogP contribution in [0, 0.1) is 0 Å². The zero-order valence-corrected chi connectivity index (χ0v) is 35.4. The maximum Gasteiger partial charge on any atom is 0.636 e. The van der Waals surface area contributed by atoms with E-state index in [1.807, 2.05) is 18.2 Å². The number of rotatable bonds is 15. The fourth-order valence-electron chi connectivity index (χ4n) is 3.18. The summed E-state index contributed by atoms with van der Waals surface area (Å²) in [6.07, 6.45) is 0. The summed E-state index contributed by atoms with van der Waals surface area (Å²) in [7, 11) is -14.0. The van der Waals surface area contributed by atoms with E-state index in [4.69, 9.17) is 28.8 Å². The molecular formula is C20H54O7Si9. The molecule has 0 aliphatic rings. The molecule has 0 radical (unpaired) electrons. The molecule has 0 unspecified atom stereocenters. The lowest BCUT2D eigenvalue weighted by atomic mass is 10.4. The molecule has 1 aromatic rings. The van der Waals surface area contributed by atoms with Crippen LogP contribution in [-0.4, -0.2) is 81.1 Å². The fourth-order valence-corrected chi connectivity index (χ4v) is 28.6. The Kier molecular flexibility index (Phi) is 18.7. The highest BCUT2D eigenvalue weighted by molar-refractivity contribution is 6.88. The Bertz CT molecular complexity index is 623. The minimum absolute atomic E-state index is 1.12. The second-order valence-electron chi connectivity index (χ2n) is 10.6. The Morgan fingerprint density at radius 1 is 0.389 bits per heavy atom. The van der Waals surface area contributed by atoms with Gasteiger partial charge in [0, 0.05) is 5.19 Å². The van der Waals surface area contributed by atoms with Gasteiger partial charge in [-0.3, -0.25) is 0 Å². The molecule has 0 aliphatic heterocycles. The van der Waals surface area contributed by atoms with Crippen LogP contribution in [-0.2, 0) is 28.8 Å². The molecule has 0 N–H and O–H groups in total. The van der Waals surface area contributed by atoms with Crippen molar-refractivity contribution >= 4 is 86.3 Å². The average molecular weight is 659 g/mol. The molecule has 0 bridgehead atoms. The first-order valence-electron chi connectivity index (χ1n) is 13.3. The molecule has 0 spiro atoms. The lowest BCUT2D eigenvalue weighted by Gasteiger charge is -2.35. The quantitative estimate of drug-likeness (QED) is 0.268. The van der Waals surface area contributed by atoms with E-state index in [1.165, 1.54) is 0 Å². The summed E-state index contributed by atoms with van der Waals surface area (Å²) >= 11 is 0. The smallest absolute Gasteiger partial charge is 0.416 e. The molecule has 16 heteroatoms. The number of hydrogen-bond acceptors (Lipinski definition) is 7. The predicted octanol–water partition coefficient (Wildman–Crippen LogP) is 3.25. The topological polar surface area (TPSA) is 64.6 Å². The first-order valence-corrected chi connectivity index (χ1v) is 36.1. The molecule has 0 fully saturated rings. The second kappa shape index (κ2) is 18.3. The van der Waals surface area contributed by atoms with Crippen molar-refractivity contribution < 1.29 is 28.8 Å². The summed E-state index contributed by atoms with van der Waals surface area (Å²) in [5, 5.41) is 1.12. The summed E-state index contributed by atoms with van der Waals surface area (Å²) < 4.78 is 43.4. The molecule has 212 valence electrons. The molecule has 0 saturated carbocycles. The highest BCUT2D eigenvalue weighted by Crippen LogP contribution is 2.18. The molecule has 1 aromatic carbocycles. The average Bonchev–Trinajstić information content (AvgIpc) is 2.64. The minimum atomic E-state index is -2.80. The van der Waals surface area contributed by atoms with E-state index in [9.17, 15) is 0 Å². The Balaban J connectivity index is 0.000000686. The van der Waals surface area contributed by atoms with E-state index in [0.29, 0.717) is 0 Å². The van der Waals surface area contributed by atoms with E-state index >= 15 is 0 Å². The minimum Gasteiger partial charge on any atom is -0.416 e. The van der Waals surface area contributed by atoms with Crippen LogP contribution in [0.5, 0.6) is 0 Å². The van der Waals surface area contributed by atoms with Gasteiger partial charge in [0.25, 0.3) is 0 Å². The van der Waals surface area contributed by atoms with Gasteiger partial charge < -0.3 is 28.8 Å². The van der Waals surface area contributed by atoms with Crippen molar-refractivity contribution in [3.63, 3.8) is 0 Å². The van der Waals surface area contributed by atoms with Crippen LogP contribution in [0.1, 0.15) is 0 Å². The predicted molar refractivity (Wildman–Crippen MR) is 177 cm³/mol. The van der Waals surface area contributed by atoms with Crippen molar-refractivity contribution in [2.45, 2.75) is 91.7 Å². The van der Waals surface area contributed by atoms with Gasteiger partial charge in [0.15, 0.2) is 63.3 Å². The Morgan fingerprint density at radius 2 is 0.639 bits per heavy atom. The van der Waals surface area contributed by atoms with Crippen LogP contribution in [0.15, 0.2) is 30.3 Å².